The van der Waals surface area contributed by atoms with Gasteiger partial charge in [0.25, 0.3) is 0 Å². The molecule has 1 fully saturated rings. The lowest BCUT2D eigenvalue weighted by Gasteiger charge is -2.32. The van der Waals surface area contributed by atoms with Gasteiger partial charge in [-0.15, -0.1) is 0 Å². The van der Waals surface area contributed by atoms with Crippen LogP contribution in [0.15, 0.2) is 36.4 Å². The average molecular weight is 335 g/mol. The first-order valence-electron chi connectivity index (χ1n) is 7.15. The van der Waals surface area contributed by atoms with E-state index in [4.69, 9.17) is 9.72 Å². The largest absolute Gasteiger partial charge is 0.377 e. The summed E-state index contributed by atoms with van der Waals surface area (Å²) in [6, 6.07) is 12.6. The summed E-state index contributed by atoms with van der Waals surface area (Å²) in [5, 5.41) is 2.12. The maximum Gasteiger partial charge on any atom is 0.129 e. The van der Waals surface area contributed by atoms with E-state index in [9.17, 15) is 0 Å². The van der Waals surface area contributed by atoms with E-state index in [-0.39, 0.29) is 0 Å². The number of ether oxygens (including phenoxy) is 1. The van der Waals surface area contributed by atoms with Crippen molar-refractivity contribution in [1.82, 2.24) is 4.98 Å². The molecule has 20 heavy (non-hydrogen) atoms. The highest BCUT2D eigenvalue weighted by Crippen LogP contribution is 2.22. The first-order chi connectivity index (χ1) is 9.86. The number of nitrogens with zero attached hydrogens (tertiary/aromatic N) is 2. The van der Waals surface area contributed by atoms with E-state index >= 15 is 0 Å². The van der Waals surface area contributed by atoms with Gasteiger partial charge in [-0.2, -0.15) is 0 Å². The van der Waals surface area contributed by atoms with Crippen molar-refractivity contribution in [3.63, 3.8) is 0 Å². The van der Waals surface area contributed by atoms with Crippen molar-refractivity contribution in [3.05, 3.63) is 36.4 Å². The molecule has 0 unspecified atom stereocenters. The Morgan fingerprint density at radius 2 is 1.95 bits per heavy atom. The van der Waals surface area contributed by atoms with Crippen LogP contribution < -0.4 is 4.90 Å². The van der Waals surface area contributed by atoms with Gasteiger partial charge in [0.1, 0.15) is 5.82 Å². The molecule has 2 aromatic rings. The molecule has 0 amide bonds. The van der Waals surface area contributed by atoms with E-state index in [0.29, 0.717) is 6.10 Å². The predicted octanol–water partition coefficient (Wildman–Crippen LogP) is 3.62. The lowest BCUT2D eigenvalue weighted by atomic mass is 10.1. The van der Waals surface area contributed by atoms with Crippen molar-refractivity contribution in [1.29, 1.82) is 0 Å². The summed E-state index contributed by atoms with van der Waals surface area (Å²) in [6.07, 6.45) is 2.58. The number of halogens is 1. The standard InChI is InChI=1S/C16H19BrN2O/c17-9-12-20-14-7-10-19(11-8-14)16-6-5-13-3-1-2-4-15(13)18-16/h1-6,14H,7-12H2. The highest BCUT2D eigenvalue weighted by molar-refractivity contribution is 9.09. The Labute approximate surface area is 128 Å². The number of fused-ring (bicyclic) bond motifs is 1. The Morgan fingerprint density at radius 3 is 2.75 bits per heavy atom. The number of alkyl halides is 1. The summed E-state index contributed by atoms with van der Waals surface area (Å²) in [4.78, 5) is 7.13. The molecule has 3 rings (SSSR count). The van der Waals surface area contributed by atoms with Gasteiger partial charge < -0.3 is 9.64 Å². The van der Waals surface area contributed by atoms with Gasteiger partial charge in [-0.1, -0.05) is 34.1 Å². The maximum atomic E-state index is 5.79. The predicted molar refractivity (Wildman–Crippen MR) is 86.7 cm³/mol. The smallest absolute Gasteiger partial charge is 0.129 e. The Hall–Kier alpha value is -1.13. The number of rotatable bonds is 4. The molecule has 1 aliphatic rings. The second-order valence-corrected chi connectivity index (χ2v) is 5.90. The van der Waals surface area contributed by atoms with Crippen LogP contribution in [-0.2, 0) is 4.74 Å². The normalized spacial score (nSPS) is 16.8. The third-order valence-electron chi connectivity index (χ3n) is 3.78. The first kappa shape index (κ1) is 13.8. The van der Waals surface area contributed by atoms with E-state index in [0.717, 1.165) is 49.2 Å². The summed E-state index contributed by atoms with van der Waals surface area (Å²) < 4.78 is 5.79. The zero-order chi connectivity index (χ0) is 13.8. The lowest BCUT2D eigenvalue weighted by Crippen LogP contribution is -2.37. The molecule has 2 heterocycles. The topological polar surface area (TPSA) is 25.4 Å². The Balaban J connectivity index is 1.67. The third-order valence-corrected chi connectivity index (χ3v) is 4.10. The Kier molecular flexibility index (Phi) is 4.53. The van der Waals surface area contributed by atoms with Crippen LogP contribution in [0.4, 0.5) is 5.82 Å². The molecule has 0 bridgehead atoms. The van der Waals surface area contributed by atoms with Crippen LogP contribution in [0.3, 0.4) is 0 Å². The summed E-state index contributed by atoms with van der Waals surface area (Å²) in [6.45, 7) is 2.86. The number of pyridine rings is 1. The molecule has 0 spiro atoms. The number of anilines is 1. The van der Waals surface area contributed by atoms with Gasteiger partial charge in [0.2, 0.25) is 0 Å². The summed E-state index contributed by atoms with van der Waals surface area (Å²) in [7, 11) is 0. The number of benzene rings is 1. The molecule has 0 aliphatic carbocycles. The average Bonchev–Trinajstić information content (AvgIpc) is 2.53. The highest BCUT2D eigenvalue weighted by atomic mass is 79.9. The fourth-order valence-corrected chi connectivity index (χ4v) is 2.88. The van der Waals surface area contributed by atoms with Crippen molar-refractivity contribution in [2.75, 3.05) is 29.9 Å². The highest BCUT2D eigenvalue weighted by Gasteiger charge is 2.20. The molecule has 1 saturated heterocycles. The molecule has 1 aromatic carbocycles. The number of piperidine rings is 1. The van der Waals surface area contributed by atoms with E-state index < -0.39 is 0 Å². The Bertz CT molecular complexity index is 567. The van der Waals surface area contributed by atoms with Gasteiger partial charge in [0.05, 0.1) is 18.2 Å². The van der Waals surface area contributed by atoms with Crippen LogP contribution in [0, 0.1) is 0 Å². The molecule has 1 aliphatic heterocycles. The van der Waals surface area contributed by atoms with Crippen LogP contribution in [0.5, 0.6) is 0 Å². The van der Waals surface area contributed by atoms with Gasteiger partial charge in [-0.05, 0) is 31.0 Å². The third kappa shape index (κ3) is 3.13. The summed E-state index contributed by atoms with van der Waals surface area (Å²) in [5.74, 6) is 1.09. The van der Waals surface area contributed by atoms with Gasteiger partial charge in [0, 0.05) is 23.8 Å². The van der Waals surface area contributed by atoms with E-state index in [1.54, 1.807) is 0 Å². The van der Waals surface area contributed by atoms with Crippen molar-refractivity contribution in [2.45, 2.75) is 18.9 Å². The van der Waals surface area contributed by atoms with Crippen molar-refractivity contribution < 1.29 is 4.74 Å². The second-order valence-electron chi connectivity index (χ2n) is 5.11. The van der Waals surface area contributed by atoms with Crippen LogP contribution in [0.1, 0.15) is 12.8 Å². The van der Waals surface area contributed by atoms with E-state index in [1.165, 1.54) is 5.39 Å². The Morgan fingerprint density at radius 1 is 1.15 bits per heavy atom. The zero-order valence-corrected chi connectivity index (χ0v) is 13.1. The first-order valence-corrected chi connectivity index (χ1v) is 8.27. The molecule has 0 saturated carbocycles. The SMILES string of the molecule is BrCCOC1CCN(c2ccc3ccccc3n2)CC1. The summed E-state index contributed by atoms with van der Waals surface area (Å²) >= 11 is 3.40. The number of hydrogen-bond donors (Lipinski definition) is 0. The van der Waals surface area contributed by atoms with Gasteiger partial charge in [-0.3, -0.25) is 0 Å². The molecular formula is C16H19BrN2O. The minimum Gasteiger partial charge on any atom is -0.377 e. The van der Waals surface area contributed by atoms with Gasteiger partial charge in [0.15, 0.2) is 0 Å². The number of para-hydroxylation sites is 1. The monoisotopic (exact) mass is 334 g/mol. The van der Waals surface area contributed by atoms with Crippen LogP contribution in [0.25, 0.3) is 10.9 Å². The van der Waals surface area contributed by atoms with E-state index in [1.807, 2.05) is 6.07 Å². The molecule has 4 heteroatoms. The molecule has 3 nitrogen and oxygen atoms in total. The van der Waals surface area contributed by atoms with Crippen molar-refractivity contribution in [3.8, 4) is 0 Å². The van der Waals surface area contributed by atoms with Gasteiger partial charge >= 0.3 is 0 Å². The van der Waals surface area contributed by atoms with Crippen molar-refractivity contribution >= 4 is 32.7 Å². The second kappa shape index (κ2) is 6.55. The minimum atomic E-state index is 0.407. The van der Waals surface area contributed by atoms with Gasteiger partial charge in [-0.25, -0.2) is 4.98 Å². The molecule has 0 radical (unpaired) electrons. The molecule has 0 N–H and O–H groups in total. The quantitative estimate of drug-likeness (QED) is 0.798. The van der Waals surface area contributed by atoms with Crippen LogP contribution >= 0.6 is 15.9 Å². The van der Waals surface area contributed by atoms with Crippen LogP contribution in [-0.4, -0.2) is 36.1 Å². The zero-order valence-electron chi connectivity index (χ0n) is 11.5. The number of aromatic nitrogens is 1. The molecular weight excluding hydrogens is 316 g/mol. The fraction of sp³-hybridized carbons (Fsp3) is 0.438. The van der Waals surface area contributed by atoms with E-state index in [2.05, 4.69) is 51.2 Å². The van der Waals surface area contributed by atoms with Crippen molar-refractivity contribution in [2.24, 2.45) is 0 Å². The lowest BCUT2D eigenvalue weighted by molar-refractivity contribution is 0.0480. The molecule has 0 atom stereocenters. The molecule has 106 valence electrons. The minimum absolute atomic E-state index is 0.407. The van der Waals surface area contributed by atoms with Crippen LogP contribution in [0.2, 0.25) is 0 Å². The fourth-order valence-electron chi connectivity index (χ4n) is 2.69. The maximum absolute atomic E-state index is 5.79. The molecule has 1 aromatic heterocycles. The number of hydrogen-bond acceptors (Lipinski definition) is 3. The summed E-state index contributed by atoms with van der Waals surface area (Å²) in [5.41, 5.74) is 1.07.